The highest BCUT2D eigenvalue weighted by atomic mass is 19.1. The summed E-state index contributed by atoms with van der Waals surface area (Å²) in [6.07, 6.45) is 6.60. The first kappa shape index (κ1) is 18.5. The zero-order valence-corrected chi connectivity index (χ0v) is 16.5. The van der Waals surface area contributed by atoms with Crippen molar-refractivity contribution in [3.8, 4) is 11.4 Å². The zero-order chi connectivity index (χ0) is 20.7. The van der Waals surface area contributed by atoms with E-state index in [0.717, 1.165) is 36.9 Å². The van der Waals surface area contributed by atoms with Gasteiger partial charge in [0.15, 0.2) is 0 Å². The van der Waals surface area contributed by atoms with Crippen molar-refractivity contribution in [2.24, 2.45) is 7.05 Å². The van der Waals surface area contributed by atoms with Gasteiger partial charge in [-0.25, -0.2) is 19.3 Å². The molecule has 0 bridgehead atoms. The van der Waals surface area contributed by atoms with Crippen LogP contribution in [0.25, 0.3) is 22.4 Å². The highest BCUT2D eigenvalue weighted by Crippen LogP contribution is 2.35. The lowest BCUT2D eigenvalue weighted by Gasteiger charge is -2.33. The van der Waals surface area contributed by atoms with Crippen LogP contribution in [0.15, 0.2) is 58.3 Å². The van der Waals surface area contributed by atoms with Gasteiger partial charge in [-0.05, 0) is 37.0 Å². The van der Waals surface area contributed by atoms with Crippen molar-refractivity contribution in [2.45, 2.75) is 18.8 Å². The summed E-state index contributed by atoms with van der Waals surface area (Å²) in [6, 6.07) is 7.91. The molecule has 0 amide bonds. The first-order chi connectivity index (χ1) is 14.6. The second kappa shape index (κ2) is 7.37. The Labute approximate surface area is 171 Å². The topological polar surface area (TPSA) is 77.1 Å². The maximum Gasteiger partial charge on any atom is 0.255 e. The highest BCUT2D eigenvalue weighted by molar-refractivity contribution is 5.81. The smallest absolute Gasteiger partial charge is 0.255 e. The second-order valence-electron chi connectivity index (χ2n) is 7.53. The molecule has 3 aromatic heterocycles. The Bertz CT molecular complexity index is 1260. The highest BCUT2D eigenvalue weighted by Gasteiger charge is 2.26. The normalized spacial score (nSPS) is 15.1. The summed E-state index contributed by atoms with van der Waals surface area (Å²) in [4.78, 5) is 27.5. The van der Waals surface area contributed by atoms with Gasteiger partial charge >= 0.3 is 0 Å². The van der Waals surface area contributed by atoms with Gasteiger partial charge in [-0.1, -0.05) is 0 Å². The van der Waals surface area contributed by atoms with E-state index in [0.29, 0.717) is 28.8 Å². The van der Waals surface area contributed by atoms with Gasteiger partial charge in [-0.2, -0.15) is 0 Å². The molecule has 1 aromatic carbocycles. The number of furan rings is 1. The van der Waals surface area contributed by atoms with Gasteiger partial charge in [0.1, 0.15) is 17.7 Å². The number of aromatic nitrogens is 4. The van der Waals surface area contributed by atoms with Gasteiger partial charge in [0, 0.05) is 49.4 Å². The summed E-state index contributed by atoms with van der Waals surface area (Å²) in [6.45, 7) is 1.51. The Morgan fingerprint density at radius 3 is 2.73 bits per heavy atom. The van der Waals surface area contributed by atoms with Gasteiger partial charge in [-0.15, -0.1) is 0 Å². The van der Waals surface area contributed by atoms with E-state index in [2.05, 4.69) is 14.9 Å². The van der Waals surface area contributed by atoms with E-state index in [1.807, 2.05) is 0 Å². The standard InChI is InChI=1S/C22H20FN5O2/c1-27-21(29)11-19(18-4-7-24-13-25-18)26-22(27)28-8-5-14(6-9-28)17-12-30-20-10-15(23)2-3-16(17)20/h2-4,7,10-14H,5-6,8-9H2,1H3. The summed E-state index contributed by atoms with van der Waals surface area (Å²) in [5.74, 6) is 0.650. The van der Waals surface area contributed by atoms with Crippen LogP contribution in [0.3, 0.4) is 0 Å². The van der Waals surface area contributed by atoms with Crippen LogP contribution in [0, 0.1) is 5.82 Å². The Hall–Kier alpha value is -3.55. The summed E-state index contributed by atoms with van der Waals surface area (Å²) in [7, 11) is 1.73. The zero-order valence-electron chi connectivity index (χ0n) is 16.5. The van der Waals surface area contributed by atoms with Crippen LogP contribution in [0.2, 0.25) is 0 Å². The largest absolute Gasteiger partial charge is 0.464 e. The van der Waals surface area contributed by atoms with Gasteiger partial charge in [0.2, 0.25) is 5.95 Å². The van der Waals surface area contributed by atoms with E-state index < -0.39 is 0 Å². The van der Waals surface area contributed by atoms with E-state index >= 15 is 0 Å². The Morgan fingerprint density at radius 2 is 1.97 bits per heavy atom. The van der Waals surface area contributed by atoms with Crippen LogP contribution >= 0.6 is 0 Å². The molecule has 1 fully saturated rings. The number of benzene rings is 1. The van der Waals surface area contributed by atoms with E-state index in [1.165, 1.54) is 24.5 Å². The Kier molecular flexibility index (Phi) is 4.54. The van der Waals surface area contributed by atoms with Crippen molar-refractivity contribution in [3.63, 3.8) is 0 Å². The molecule has 0 unspecified atom stereocenters. The average molecular weight is 405 g/mol. The SMILES string of the molecule is Cn1c(N2CCC(c3coc4cc(F)ccc34)CC2)nc(-c2ccncn2)cc1=O. The first-order valence-electron chi connectivity index (χ1n) is 9.86. The van der Waals surface area contributed by atoms with Crippen molar-refractivity contribution < 1.29 is 8.81 Å². The van der Waals surface area contributed by atoms with Crippen LogP contribution in [0.5, 0.6) is 0 Å². The molecule has 0 atom stereocenters. The summed E-state index contributed by atoms with van der Waals surface area (Å²) >= 11 is 0. The van der Waals surface area contributed by atoms with Gasteiger partial charge < -0.3 is 9.32 Å². The molecule has 1 saturated heterocycles. The molecule has 7 nitrogen and oxygen atoms in total. The lowest BCUT2D eigenvalue weighted by Crippen LogP contribution is -2.37. The molecule has 4 heterocycles. The minimum Gasteiger partial charge on any atom is -0.464 e. The predicted molar refractivity (Wildman–Crippen MR) is 111 cm³/mol. The van der Waals surface area contributed by atoms with Crippen molar-refractivity contribution in [1.29, 1.82) is 0 Å². The van der Waals surface area contributed by atoms with Crippen LogP contribution in [-0.2, 0) is 7.05 Å². The molecule has 152 valence electrons. The average Bonchev–Trinajstić information content (AvgIpc) is 3.19. The predicted octanol–water partition coefficient (Wildman–Crippen LogP) is 3.51. The van der Waals surface area contributed by atoms with Gasteiger partial charge in [0.05, 0.1) is 17.7 Å². The Balaban J connectivity index is 1.40. The molecule has 0 aliphatic carbocycles. The van der Waals surface area contributed by atoms with Gasteiger partial charge in [-0.3, -0.25) is 9.36 Å². The van der Waals surface area contributed by atoms with E-state index in [-0.39, 0.29) is 11.4 Å². The molecule has 4 aromatic rings. The molecule has 1 aliphatic heterocycles. The second-order valence-corrected chi connectivity index (χ2v) is 7.53. The van der Waals surface area contributed by atoms with E-state index in [1.54, 1.807) is 36.2 Å². The molecule has 0 spiro atoms. The van der Waals surface area contributed by atoms with Crippen LogP contribution in [0.4, 0.5) is 10.3 Å². The first-order valence-corrected chi connectivity index (χ1v) is 9.86. The molecular formula is C22H20FN5O2. The lowest BCUT2D eigenvalue weighted by molar-refractivity contribution is 0.488. The number of halogens is 1. The monoisotopic (exact) mass is 405 g/mol. The maximum absolute atomic E-state index is 13.4. The van der Waals surface area contributed by atoms with Crippen molar-refractivity contribution in [3.05, 3.63) is 70.9 Å². The van der Waals surface area contributed by atoms with Crippen molar-refractivity contribution in [1.82, 2.24) is 19.5 Å². The third kappa shape index (κ3) is 3.24. The number of anilines is 1. The fraction of sp³-hybridized carbons (Fsp3) is 0.273. The number of hydrogen-bond donors (Lipinski definition) is 0. The van der Waals surface area contributed by atoms with E-state index in [4.69, 9.17) is 9.40 Å². The van der Waals surface area contributed by atoms with Crippen LogP contribution in [0.1, 0.15) is 24.3 Å². The van der Waals surface area contributed by atoms with Gasteiger partial charge in [0.25, 0.3) is 5.56 Å². The summed E-state index contributed by atoms with van der Waals surface area (Å²) < 4.78 is 20.6. The number of fused-ring (bicyclic) bond motifs is 1. The quantitative estimate of drug-likeness (QED) is 0.519. The fourth-order valence-electron chi connectivity index (χ4n) is 4.11. The minimum absolute atomic E-state index is 0.126. The number of hydrogen-bond acceptors (Lipinski definition) is 6. The van der Waals surface area contributed by atoms with Crippen LogP contribution in [-0.4, -0.2) is 32.6 Å². The molecule has 0 saturated carbocycles. The number of piperidine rings is 1. The molecule has 0 radical (unpaired) electrons. The minimum atomic E-state index is -0.297. The summed E-state index contributed by atoms with van der Waals surface area (Å²) in [5, 5.41) is 0.964. The third-order valence-corrected chi connectivity index (χ3v) is 5.74. The molecule has 5 rings (SSSR count). The van der Waals surface area contributed by atoms with Crippen molar-refractivity contribution in [2.75, 3.05) is 18.0 Å². The molecular weight excluding hydrogens is 385 g/mol. The van der Waals surface area contributed by atoms with Crippen molar-refractivity contribution >= 4 is 16.9 Å². The number of rotatable bonds is 3. The molecule has 0 N–H and O–H groups in total. The van der Waals surface area contributed by atoms with Crippen LogP contribution < -0.4 is 10.5 Å². The molecule has 8 heteroatoms. The lowest BCUT2D eigenvalue weighted by atomic mass is 9.89. The number of nitrogens with zero attached hydrogens (tertiary/aromatic N) is 5. The fourth-order valence-corrected chi connectivity index (χ4v) is 4.11. The Morgan fingerprint density at radius 1 is 1.13 bits per heavy atom. The van der Waals surface area contributed by atoms with E-state index in [9.17, 15) is 9.18 Å². The summed E-state index contributed by atoms with van der Waals surface area (Å²) in [5.41, 5.74) is 2.73. The molecule has 30 heavy (non-hydrogen) atoms. The maximum atomic E-state index is 13.4. The molecule has 1 aliphatic rings. The third-order valence-electron chi connectivity index (χ3n) is 5.74.